The number of esters is 1. The molecule has 2 aromatic heterocycles. The molecule has 20 heavy (non-hydrogen) atoms. The molecule has 1 unspecified atom stereocenters. The van der Waals surface area contributed by atoms with Gasteiger partial charge in [-0.05, 0) is 18.1 Å². The van der Waals surface area contributed by atoms with E-state index < -0.39 is 17.9 Å². The van der Waals surface area contributed by atoms with E-state index in [0.29, 0.717) is 5.65 Å². The number of imidazole rings is 1. The lowest BCUT2D eigenvalue weighted by molar-refractivity contribution is -0.144. The molecule has 0 fully saturated rings. The van der Waals surface area contributed by atoms with Crippen LogP contribution in [-0.2, 0) is 9.53 Å². The van der Waals surface area contributed by atoms with E-state index >= 15 is 0 Å². The Kier molecular flexibility index (Phi) is 4.02. The zero-order valence-corrected chi connectivity index (χ0v) is 11.7. The summed E-state index contributed by atoms with van der Waals surface area (Å²) in [6, 6.07) is 4.81. The second kappa shape index (κ2) is 5.73. The fourth-order valence-corrected chi connectivity index (χ4v) is 1.88. The Bertz CT molecular complexity index is 600. The van der Waals surface area contributed by atoms with E-state index in [1.165, 1.54) is 7.11 Å². The lowest BCUT2D eigenvalue weighted by Gasteiger charge is -2.19. The molecule has 0 aliphatic carbocycles. The van der Waals surface area contributed by atoms with Crippen LogP contribution in [0.1, 0.15) is 24.3 Å². The van der Waals surface area contributed by atoms with Crippen molar-refractivity contribution < 1.29 is 14.3 Å². The normalized spacial score (nSPS) is 12.4. The van der Waals surface area contributed by atoms with E-state index in [1.807, 2.05) is 26.0 Å². The molecule has 0 saturated heterocycles. The number of hydrogen-bond acceptors (Lipinski definition) is 4. The van der Waals surface area contributed by atoms with Crippen molar-refractivity contribution in [2.24, 2.45) is 5.92 Å². The Labute approximate surface area is 116 Å². The fraction of sp³-hybridized carbons (Fsp3) is 0.357. The van der Waals surface area contributed by atoms with E-state index in [-0.39, 0.29) is 11.6 Å². The van der Waals surface area contributed by atoms with Crippen LogP contribution >= 0.6 is 0 Å². The number of ether oxygens (including phenoxy) is 1. The van der Waals surface area contributed by atoms with Crippen molar-refractivity contribution in [2.75, 3.05) is 7.11 Å². The SMILES string of the molecule is COC(=O)C(NC(=O)c1cn2ccccc2n1)C(C)C. The van der Waals surface area contributed by atoms with Crippen molar-refractivity contribution in [2.45, 2.75) is 19.9 Å². The van der Waals surface area contributed by atoms with Crippen molar-refractivity contribution in [3.05, 3.63) is 36.3 Å². The molecule has 1 amide bonds. The Morgan fingerprint density at radius 2 is 2.10 bits per heavy atom. The summed E-state index contributed by atoms with van der Waals surface area (Å²) in [5.74, 6) is -0.918. The third-order valence-corrected chi connectivity index (χ3v) is 3.01. The highest BCUT2D eigenvalue weighted by atomic mass is 16.5. The van der Waals surface area contributed by atoms with Crippen LogP contribution in [-0.4, -0.2) is 34.4 Å². The van der Waals surface area contributed by atoms with Crippen molar-refractivity contribution in [3.8, 4) is 0 Å². The van der Waals surface area contributed by atoms with Crippen LogP contribution in [0, 0.1) is 5.92 Å². The summed E-state index contributed by atoms with van der Waals surface area (Å²) in [5.41, 5.74) is 0.947. The summed E-state index contributed by atoms with van der Waals surface area (Å²) in [4.78, 5) is 28.0. The highest BCUT2D eigenvalue weighted by Gasteiger charge is 2.26. The minimum absolute atomic E-state index is 0.0663. The van der Waals surface area contributed by atoms with Crippen molar-refractivity contribution in [1.29, 1.82) is 0 Å². The molecule has 0 spiro atoms. The average molecular weight is 275 g/mol. The van der Waals surface area contributed by atoms with Gasteiger partial charge in [-0.15, -0.1) is 0 Å². The van der Waals surface area contributed by atoms with Gasteiger partial charge in [0, 0.05) is 12.4 Å². The smallest absolute Gasteiger partial charge is 0.328 e. The van der Waals surface area contributed by atoms with Crippen molar-refractivity contribution >= 4 is 17.5 Å². The number of fused-ring (bicyclic) bond motifs is 1. The number of methoxy groups -OCH3 is 1. The van der Waals surface area contributed by atoms with Crippen molar-refractivity contribution in [1.82, 2.24) is 14.7 Å². The van der Waals surface area contributed by atoms with Crippen LogP contribution in [0.3, 0.4) is 0 Å². The first-order valence-corrected chi connectivity index (χ1v) is 6.35. The van der Waals surface area contributed by atoms with Gasteiger partial charge in [0.1, 0.15) is 17.4 Å². The van der Waals surface area contributed by atoms with Gasteiger partial charge < -0.3 is 14.5 Å². The molecule has 0 radical (unpaired) electrons. The Hall–Kier alpha value is -2.37. The molecular weight excluding hydrogens is 258 g/mol. The molecule has 106 valence electrons. The first-order chi connectivity index (χ1) is 9.52. The van der Waals surface area contributed by atoms with Crippen LogP contribution in [0.4, 0.5) is 0 Å². The number of aromatic nitrogens is 2. The largest absolute Gasteiger partial charge is 0.467 e. The number of rotatable bonds is 4. The van der Waals surface area contributed by atoms with Gasteiger partial charge in [-0.2, -0.15) is 0 Å². The van der Waals surface area contributed by atoms with Gasteiger partial charge in [-0.25, -0.2) is 9.78 Å². The maximum absolute atomic E-state index is 12.2. The second-order valence-corrected chi connectivity index (χ2v) is 4.81. The Morgan fingerprint density at radius 1 is 1.35 bits per heavy atom. The van der Waals surface area contributed by atoms with Gasteiger partial charge in [0.05, 0.1) is 7.11 Å². The maximum Gasteiger partial charge on any atom is 0.328 e. The predicted octanol–water partition coefficient (Wildman–Crippen LogP) is 1.26. The fourth-order valence-electron chi connectivity index (χ4n) is 1.88. The molecule has 0 saturated carbocycles. The third kappa shape index (κ3) is 2.79. The molecule has 0 aromatic carbocycles. The summed E-state index contributed by atoms with van der Waals surface area (Å²) >= 11 is 0. The van der Waals surface area contributed by atoms with E-state index in [1.54, 1.807) is 22.9 Å². The van der Waals surface area contributed by atoms with Gasteiger partial charge in [0.15, 0.2) is 0 Å². The minimum Gasteiger partial charge on any atom is -0.467 e. The van der Waals surface area contributed by atoms with E-state index in [2.05, 4.69) is 10.3 Å². The van der Waals surface area contributed by atoms with Crippen LogP contribution in [0.15, 0.2) is 30.6 Å². The molecule has 2 heterocycles. The van der Waals surface area contributed by atoms with Crippen LogP contribution in [0.25, 0.3) is 5.65 Å². The highest BCUT2D eigenvalue weighted by molar-refractivity contribution is 5.95. The first-order valence-electron chi connectivity index (χ1n) is 6.35. The van der Waals surface area contributed by atoms with Gasteiger partial charge >= 0.3 is 5.97 Å². The molecule has 0 aliphatic rings. The third-order valence-electron chi connectivity index (χ3n) is 3.01. The molecule has 6 heteroatoms. The summed E-state index contributed by atoms with van der Waals surface area (Å²) in [5, 5.41) is 2.66. The number of pyridine rings is 1. The quantitative estimate of drug-likeness (QED) is 0.853. The molecule has 0 bridgehead atoms. The number of amides is 1. The summed E-state index contributed by atoms with van der Waals surface area (Å²) in [6.07, 6.45) is 3.43. The maximum atomic E-state index is 12.2. The molecule has 2 aromatic rings. The van der Waals surface area contributed by atoms with Gasteiger partial charge in [0.25, 0.3) is 5.91 Å². The Morgan fingerprint density at radius 3 is 2.70 bits per heavy atom. The number of nitrogens with zero attached hydrogens (tertiary/aromatic N) is 2. The van der Waals surface area contributed by atoms with Gasteiger partial charge in [-0.3, -0.25) is 4.79 Å². The Balaban J connectivity index is 2.20. The van der Waals surface area contributed by atoms with E-state index in [4.69, 9.17) is 4.74 Å². The summed E-state index contributed by atoms with van der Waals surface area (Å²) < 4.78 is 6.44. The van der Waals surface area contributed by atoms with Crippen LogP contribution in [0.2, 0.25) is 0 Å². The number of nitrogens with one attached hydrogen (secondary N) is 1. The summed E-state index contributed by atoms with van der Waals surface area (Å²) in [6.45, 7) is 3.68. The number of hydrogen-bond donors (Lipinski definition) is 1. The molecule has 0 aliphatic heterocycles. The summed E-state index contributed by atoms with van der Waals surface area (Å²) in [7, 11) is 1.30. The predicted molar refractivity (Wildman–Crippen MR) is 73.3 cm³/mol. The topological polar surface area (TPSA) is 72.7 Å². The average Bonchev–Trinajstić information content (AvgIpc) is 2.87. The number of carbonyl (C=O) groups excluding carboxylic acids is 2. The first kappa shape index (κ1) is 14.0. The molecule has 1 atom stereocenters. The number of carbonyl (C=O) groups is 2. The molecule has 1 N–H and O–H groups in total. The van der Waals surface area contributed by atoms with Crippen LogP contribution < -0.4 is 5.32 Å². The molecule has 6 nitrogen and oxygen atoms in total. The van der Waals surface area contributed by atoms with Crippen LogP contribution in [0.5, 0.6) is 0 Å². The molecular formula is C14H17N3O3. The second-order valence-electron chi connectivity index (χ2n) is 4.81. The zero-order valence-electron chi connectivity index (χ0n) is 11.7. The minimum atomic E-state index is -0.683. The van der Waals surface area contributed by atoms with E-state index in [9.17, 15) is 9.59 Å². The lowest BCUT2D eigenvalue weighted by atomic mass is 10.0. The standard InChI is InChI=1S/C14H17N3O3/c1-9(2)12(14(19)20-3)16-13(18)10-8-17-7-5-4-6-11(17)15-10/h4-9,12H,1-3H3,(H,16,18). The lowest BCUT2D eigenvalue weighted by Crippen LogP contribution is -2.45. The van der Waals surface area contributed by atoms with E-state index in [0.717, 1.165) is 0 Å². The van der Waals surface area contributed by atoms with Crippen molar-refractivity contribution in [3.63, 3.8) is 0 Å². The van der Waals surface area contributed by atoms with Gasteiger partial charge in [-0.1, -0.05) is 19.9 Å². The highest BCUT2D eigenvalue weighted by Crippen LogP contribution is 2.08. The monoisotopic (exact) mass is 275 g/mol. The molecule has 2 rings (SSSR count). The van der Waals surface area contributed by atoms with Gasteiger partial charge in [0.2, 0.25) is 0 Å². The zero-order chi connectivity index (χ0) is 14.7.